The number of nitrogens with one attached hydrogen (secondary N) is 1. The lowest BCUT2D eigenvalue weighted by molar-refractivity contribution is -0.274. The molecule has 0 radical (unpaired) electrons. The molecule has 0 aliphatic heterocycles. The molecule has 2 aromatic carbocycles. The van der Waals surface area contributed by atoms with Crippen LogP contribution >= 0.6 is 0 Å². The SMILES string of the molecule is CC(C)(C)OC(=O)N[C@@H](Cc1ccc(-c2ccc(OC(F)(F)F)cc2)cc1)C(=O)O. The number of hydrogen-bond donors (Lipinski definition) is 2. The van der Waals surface area contributed by atoms with Gasteiger partial charge in [0.25, 0.3) is 0 Å². The number of carboxylic acids is 1. The van der Waals surface area contributed by atoms with E-state index >= 15 is 0 Å². The molecule has 1 atom stereocenters. The average molecular weight is 425 g/mol. The van der Waals surface area contributed by atoms with Gasteiger partial charge in [-0.1, -0.05) is 36.4 Å². The van der Waals surface area contributed by atoms with E-state index in [1.165, 1.54) is 24.3 Å². The van der Waals surface area contributed by atoms with Gasteiger partial charge in [0.2, 0.25) is 0 Å². The highest BCUT2D eigenvalue weighted by atomic mass is 19.4. The second kappa shape index (κ2) is 9.06. The number of amides is 1. The van der Waals surface area contributed by atoms with E-state index in [2.05, 4.69) is 10.1 Å². The summed E-state index contributed by atoms with van der Waals surface area (Å²) in [5.41, 5.74) is 1.29. The van der Waals surface area contributed by atoms with E-state index < -0.39 is 30.1 Å². The lowest BCUT2D eigenvalue weighted by Crippen LogP contribution is -2.44. The van der Waals surface area contributed by atoms with Gasteiger partial charge >= 0.3 is 18.4 Å². The van der Waals surface area contributed by atoms with E-state index in [0.717, 1.165) is 5.56 Å². The third kappa shape index (κ3) is 7.65. The highest BCUT2D eigenvalue weighted by Gasteiger charge is 2.31. The number of rotatable bonds is 6. The lowest BCUT2D eigenvalue weighted by Gasteiger charge is -2.22. The molecule has 0 aromatic heterocycles. The summed E-state index contributed by atoms with van der Waals surface area (Å²) in [6.07, 6.45) is -5.54. The Balaban J connectivity index is 2.05. The van der Waals surface area contributed by atoms with Gasteiger partial charge in [0.15, 0.2) is 0 Å². The van der Waals surface area contributed by atoms with Gasteiger partial charge in [0.05, 0.1) is 0 Å². The molecule has 9 heteroatoms. The minimum absolute atomic E-state index is 0.0349. The third-order valence-corrected chi connectivity index (χ3v) is 3.80. The molecule has 2 rings (SSSR count). The van der Waals surface area contributed by atoms with Crippen molar-refractivity contribution in [3.8, 4) is 16.9 Å². The smallest absolute Gasteiger partial charge is 0.480 e. The topological polar surface area (TPSA) is 84.9 Å². The number of aliphatic carboxylic acids is 1. The highest BCUT2D eigenvalue weighted by Crippen LogP contribution is 2.26. The number of benzene rings is 2. The normalized spacial score (nSPS) is 12.7. The predicted octanol–water partition coefficient (Wildman–Crippen LogP) is 4.77. The first-order valence-electron chi connectivity index (χ1n) is 9.00. The highest BCUT2D eigenvalue weighted by molar-refractivity contribution is 5.80. The van der Waals surface area contributed by atoms with Gasteiger partial charge in [-0.15, -0.1) is 13.2 Å². The van der Waals surface area contributed by atoms with Crippen molar-refractivity contribution in [2.45, 2.75) is 45.2 Å². The molecule has 0 saturated carbocycles. The summed E-state index contributed by atoms with van der Waals surface area (Å²) < 4.78 is 45.6. The van der Waals surface area contributed by atoms with Gasteiger partial charge in [-0.2, -0.15) is 0 Å². The van der Waals surface area contributed by atoms with Crippen LogP contribution in [0.1, 0.15) is 26.3 Å². The summed E-state index contributed by atoms with van der Waals surface area (Å²) >= 11 is 0. The molecule has 0 bridgehead atoms. The largest absolute Gasteiger partial charge is 0.573 e. The van der Waals surface area contributed by atoms with Gasteiger partial charge in [0, 0.05) is 6.42 Å². The lowest BCUT2D eigenvalue weighted by atomic mass is 10.0. The third-order valence-electron chi connectivity index (χ3n) is 3.80. The zero-order valence-electron chi connectivity index (χ0n) is 16.6. The van der Waals surface area contributed by atoms with Crippen LogP contribution in [0.25, 0.3) is 11.1 Å². The van der Waals surface area contributed by atoms with Crippen LogP contribution in [0, 0.1) is 0 Å². The number of carboxylic acid groups (broad SMARTS) is 1. The number of alkyl carbamates (subject to hydrolysis) is 1. The Hall–Kier alpha value is -3.23. The average Bonchev–Trinajstić information content (AvgIpc) is 2.59. The van der Waals surface area contributed by atoms with Crippen molar-refractivity contribution in [3.63, 3.8) is 0 Å². The molecule has 0 spiro atoms. The first-order chi connectivity index (χ1) is 13.8. The van der Waals surface area contributed by atoms with Crippen LogP contribution in [-0.2, 0) is 16.0 Å². The van der Waals surface area contributed by atoms with E-state index in [-0.39, 0.29) is 12.2 Å². The summed E-state index contributed by atoms with van der Waals surface area (Å²) in [6.45, 7) is 5.01. The number of alkyl halides is 3. The second-order valence-electron chi connectivity index (χ2n) is 7.51. The molecule has 2 N–H and O–H groups in total. The first-order valence-corrected chi connectivity index (χ1v) is 9.00. The molecule has 0 aliphatic carbocycles. The molecule has 1 amide bonds. The van der Waals surface area contributed by atoms with Gasteiger partial charge in [0.1, 0.15) is 17.4 Å². The van der Waals surface area contributed by atoms with Gasteiger partial charge < -0.3 is 19.9 Å². The van der Waals surface area contributed by atoms with Gasteiger partial charge in [-0.05, 0) is 49.6 Å². The molecule has 30 heavy (non-hydrogen) atoms. The van der Waals surface area contributed by atoms with Crippen molar-refractivity contribution < 1.29 is 37.3 Å². The fraction of sp³-hybridized carbons (Fsp3) is 0.333. The van der Waals surface area contributed by atoms with E-state index in [4.69, 9.17) is 4.74 Å². The van der Waals surface area contributed by atoms with Crippen LogP contribution in [0.15, 0.2) is 48.5 Å². The molecular weight excluding hydrogens is 403 g/mol. The molecule has 0 fully saturated rings. The maximum Gasteiger partial charge on any atom is 0.573 e. The van der Waals surface area contributed by atoms with Gasteiger partial charge in [-0.3, -0.25) is 0 Å². The van der Waals surface area contributed by atoms with Crippen molar-refractivity contribution >= 4 is 12.1 Å². The Labute approximate surface area is 171 Å². The van der Waals surface area contributed by atoms with Crippen molar-refractivity contribution in [3.05, 3.63) is 54.1 Å². The van der Waals surface area contributed by atoms with Crippen LogP contribution < -0.4 is 10.1 Å². The Morgan fingerprint density at radius 1 is 0.967 bits per heavy atom. The van der Waals surface area contributed by atoms with E-state index in [1.54, 1.807) is 45.0 Å². The molecule has 0 saturated heterocycles. The zero-order valence-corrected chi connectivity index (χ0v) is 16.6. The van der Waals surface area contributed by atoms with Crippen molar-refractivity contribution in [2.24, 2.45) is 0 Å². The van der Waals surface area contributed by atoms with Crippen molar-refractivity contribution in [1.29, 1.82) is 0 Å². The number of ether oxygens (including phenoxy) is 2. The van der Waals surface area contributed by atoms with E-state index in [1.807, 2.05) is 0 Å². The quantitative estimate of drug-likeness (QED) is 0.696. The standard InChI is InChI=1S/C21H22F3NO5/c1-20(2,3)30-19(28)25-17(18(26)27)12-13-4-6-14(7-5-13)15-8-10-16(11-9-15)29-21(22,23)24/h4-11,17H,12H2,1-3H3,(H,25,28)(H,26,27)/t17-/m0/s1. The minimum atomic E-state index is -4.75. The second-order valence-corrected chi connectivity index (χ2v) is 7.51. The Morgan fingerprint density at radius 2 is 1.47 bits per heavy atom. The molecule has 6 nitrogen and oxygen atoms in total. The van der Waals surface area contributed by atoms with E-state index in [0.29, 0.717) is 11.1 Å². The minimum Gasteiger partial charge on any atom is -0.480 e. The van der Waals surface area contributed by atoms with Crippen LogP contribution in [0.5, 0.6) is 5.75 Å². The summed E-state index contributed by atoms with van der Waals surface area (Å²) in [5.74, 6) is -1.52. The molecule has 0 heterocycles. The summed E-state index contributed by atoms with van der Waals surface area (Å²) in [7, 11) is 0. The van der Waals surface area contributed by atoms with E-state index in [9.17, 15) is 27.9 Å². The molecular formula is C21H22F3NO5. The van der Waals surface area contributed by atoms with Crippen LogP contribution in [-0.4, -0.2) is 35.2 Å². The predicted molar refractivity (Wildman–Crippen MR) is 103 cm³/mol. The number of carbonyl (C=O) groups is 2. The van der Waals surface area contributed by atoms with Crippen LogP contribution in [0.3, 0.4) is 0 Å². The number of carbonyl (C=O) groups excluding carboxylic acids is 1. The fourth-order valence-corrected chi connectivity index (χ4v) is 2.57. The summed E-state index contributed by atoms with van der Waals surface area (Å²) in [4.78, 5) is 23.3. The van der Waals surface area contributed by atoms with Crippen LogP contribution in [0.2, 0.25) is 0 Å². The Kier molecular flexibility index (Phi) is 6.96. The van der Waals surface area contributed by atoms with Crippen molar-refractivity contribution in [2.75, 3.05) is 0 Å². The summed E-state index contributed by atoms with van der Waals surface area (Å²) in [5, 5.41) is 11.7. The maximum atomic E-state index is 12.2. The molecule has 0 aliphatic rings. The fourth-order valence-electron chi connectivity index (χ4n) is 2.57. The summed E-state index contributed by atoms with van der Waals surface area (Å²) in [6, 6.07) is 11.0. The number of halogens is 3. The maximum absolute atomic E-state index is 12.2. The van der Waals surface area contributed by atoms with Gasteiger partial charge in [-0.25, -0.2) is 9.59 Å². The Morgan fingerprint density at radius 3 is 1.90 bits per heavy atom. The molecule has 162 valence electrons. The van der Waals surface area contributed by atoms with Crippen molar-refractivity contribution in [1.82, 2.24) is 5.32 Å². The monoisotopic (exact) mass is 425 g/mol. The first kappa shape index (κ1) is 23.1. The zero-order chi connectivity index (χ0) is 22.5. The Bertz CT molecular complexity index is 872. The van der Waals surface area contributed by atoms with Crippen LogP contribution in [0.4, 0.5) is 18.0 Å². The molecule has 0 unspecified atom stereocenters. The molecule has 2 aromatic rings. The number of hydrogen-bond acceptors (Lipinski definition) is 4.